The molecule has 2 rings (SSSR count). The summed E-state index contributed by atoms with van der Waals surface area (Å²) in [6.07, 6.45) is 0.150. The van der Waals surface area contributed by atoms with Gasteiger partial charge in [0.25, 0.3) is 5.91 Å². The Morgan fingerprint density at radius 1 is 1.42 bits per heavy atom. The highest BCUT2D eigenvalue weighted by atomic mass is 16.2. The summed E-state index contributed by atoms with van der Waals surface area (Å²) in [4.78, 5) is 24.5. The van der Waals surface area contributed by atoms with Gasteiger partial charge in [-0.1, -0.05) is 0 Å². The van der Waals surface area contributed by atoms with Crippen LogP contribution in [0.25, 0.3) is 0 Å². The molecule has 7 heteroatoms. The van der Waals surface area contributed by atoms with Crippen molar-refractivity contribution in [2.45, 2.75) is 39.3 Å². The van der Waals surface area contributed by atoms with Crippen LogP contribution in [0.3, 0.4) is 0 Å². The Labute approximate surface area is 111 Å². The largest absolute Gasteiger partial charge is 0.394 e. The van der Waals surface area contributed by atoms with Crippen molar-refractivity contribution in [1.82, 2.24) is 14.7 Å². The second-order valence-electron chi connectivity index (χ2n) is 5.08. The number of rotatable bonds is 3. The average Bonchev–Trinajstić information content (AvgIpc) is 2.75. The molecule has 0 spiro atoms. The molecule has 0 aromatic carbocycles. The van der Waals surface area contributed by atoms with Crippen LogP contribution in [0.4, 0.5) is 11.5 Å². The first-order valence-electron chi connectivity index (χ1n) is 6.24. The van der Waals surface area contributed by atoms with Gasteiger partial charge in [0, 0.05) is 13.1 Å². The summed E-state index contributed by atoms with van der Waals surface area (Å²) >= 11 is 0. The number of likely N-dealkylation sites (tertiary alicyclic amines) is 1. The second-order valence-corrected chi connectivity index (χ2v) is 5.08. The van der Waals surface area contributed by atoms with Crippen LogP contribution in [0.5, 0.6) is 0 Å². The topological polar surface area (TPSA) is 93.2 Å². The highest BCUT2D eigenvalue weighted by Gasteiger charge is 2.37. The zero-order valence-electron chi connectivity index (χ0n) is 11.6. The van der Waals surface area contributed by atoms with E-state index in [2.05, 4.69) is 10.4 Å². The molecule has 7 nitrogen and oxygen atoms in total. The normalized spacial score (nSPS) is 19.6. The molecule has 2 heterocycles. The van der Waals surface area contributed by atoms with Gasteiger partial charge in [-0.3, -0.25) is 14.5 Å². The van der Waals surface area contributed by atoms with Crippen LogP contribution in [0.2, 0.25) is 0 Å². The summed E-state index contributed by atoms with van der Waals surface area (Å²) in [5.74, 6) is 0.181. The summed E-state index contributed by atoms with van der Waals surface area (Å²) in [7, 11) is 1.49. The van der Waals surface area contributed by atoms with Crippen molar-refractivity contribution in [3.63, 3.8) is 0 Å². The third-order valence-electron chi connectivity index (χ3n) is 3.31. The van der Waals surface area contributed by atoms with Gasteiger partial charge in [0.1, 0.15) is 11.9 Å². The molecule has 104 valence electrons. The number of aromatic nitrogens is 2. The van der Waals surface area contributed by atoms with Crippen molar-refractivity contribution in [1.29, 1.82) is 0 Å². The van der Waals surface area contributed by atoms with Gasteiger partial charge in [0.2, 0.25) is 5.91 Å². The maximum atomic E-state index is 11.9. The van der Waals surface area contributed by atoms with Gasteiger partial charge < -0.3 is 11.1 Å². The van der Waals surface area contributed by atoms with Crippen LogP contribution >= 0.6 is 0 Å². The average molecular weight is 265 g/mol. The lowest BCUT2D eigenvalue weighted by molar-refractivity contribution is -0.136. The number of nitrogens with zero attached hydrogens (tertiary/aromatic N) is 3. The highest BCUT2D eigenvalue weighted by molar-refractivity contribution is 6.06. The number of imide groups is 1. The third kappa shape index (κ3) is 2.16. The molecule has 19 heavy (non-hydrogen) atoms. The molecule has 2 amide bonds. The molecule has 1 aliphatic rings. The van der Waals surface area contributed by atoms with Crippen molar-refractivity contribution >= 4 is 23.3 Å². The Kier molecular flexibility index (Phi) is 3.21. The van der Waals surface area contributed by atoms with E-state index in [0.717, 1.165) is 4.90 Å². The van der Waals surface area contributed by atoms with Crippen molar-refractivity contribution in [2.75, 3.05) is 18.1 Å². The number of amides is 2. The van der Waals surface area contributed by atoms with Gasteiger partial charge in [-0.05, 0) is 20.8 Å². The van der Waals surface area contributed by atoms with Crippen molar-refractivity contribution in [3.05, 3.63) is 5.69 Å². The first kappa shape index (κ1) is 13.4. The molecular formula is C12H19N5O2. The number of nitrogens with one attached hydrogen (secondary N) is 1. The van der Waals surface area contributed by atoms with Crippen LogP contribution in [0.1, 0.15) is 32.0 Å². The predicted molar refractivity (Wildman–Crippen MR) is 71.6 cm³/mol. The number of carbonyl (C=O) groups is 2. The number of hydrogen-bond acceptors (Lipinski definition) is 5. The van der Waals surface area contributed by atoms with E-state index in [1.807, 2.05) is 20.8 Å². The number of nitrogens with two attached hydrogens (primary N) is 1. The number of likely N-dealkylation sites (N-methyl/N-ethyl adjacent to an activating group) is 1. The molecule has 1 unspecified atom stereocenters. The van der Waals surface area contributed by atoms with E-state index >= 15 is 0 Å². The minimum Gasteiger partial charge on any atom is -0.394 e. The fourth-order valence-electron chi connectivity index (χ4n) is 2.11. The molecule has 0 bridgehead atoms. The van der Waals surface area contributed by atoms with E-state index in [1.54, 1.807) is 4.68 Å². The molecule has 0 aliphatic carbocycles. The van der Waals surface area contributed by atoms with E-state index in [4.69, 9.17) is 5.73 Å². The summed E-state index contributed by atoms with van der Waals surface area (Å²) in [5, 5.41) is 7.39. The Balaban J connectivity index is 2.29. The highest BCUT2D eigenvalue weighted by Crippen LogP contribution is 2.28. The standard InChI is InChI=1S/C12H19N5O2/c1-6(2)17-11(10(13)7(3)15-17)14-8-5-9(18)16(4)12(8)19/h6,8,14H,5,13H2,1-4H3. The number of anilines is 2. The minimum absolute atomic E-state index is 0.114. The SMILES string of the molecule is Cc1nn(C(C)C)c(NC2CC(=O)N(C)C2=O)c1N. The van der Waals surface area contributed by atoms with E-state index in [-0.39, 0.29) is 24.3 Å². The Bertz CT molecular complexity index is 534. The van der Waals surface area contributed by atoms with Crippen LogP contribution in [-0.4, -0.2) is 39.6 Å². The van der Waals surface area contributed by atoms with Crippen LogP contribution in [0, 0.1) is 6.92 Å². The number of carbonyl (C=O) groups excluding carboxylic acids is 2. The molecule has 0 saturated carbocycles. The molecule has 1 saturated heterocycles. The predicted octanol–water partition coefficient (Wildman–Crippen LogP) is 0.524. The molecule has 1 atom stereocenters. The van der Waals surface area contributed by atoms with Crippen LogP contribution in [0.15, 0.2) is 0 Å². The summed E-state index contributed by atoms with van der Waals surface area (Å²) in [6, 6.07) is -0.447. The third-order valence-corrected chi connectivity index (χ3v) is 3.31. The number of aryl methyl sites for hydroxylation is 1. The maximum absolute atomic E-state index is 11.9. The second kappa shape index (κ2) is 4.56. The molecule has 0 radical (unpaired) electrons. The van der Waals surface area contributed by atoms with Gasteiger partial charge in [0.15, 0.2) is 0 Å². The smallest absolute Gasteiger partial charge is 0.251 e. The van der Waals surface area contributed by atoms with Crippen molar-refractivity contribution < 1.29 is 9.59 Å². The van der Waals surface area contributed by atoms with Crippen molar-refractivity contribution in [2.24, 2.45) is 0 Å². The van der Waals surface area contributed by atoms with Crippen LogP contribution in [-0.2, 0) is 9.59 Å². The molecule has 3 N–H and O–H groups in total. The fraction of sp³-hybridized carbons (Fsp3) is 0.583. The quantitative estimate of drug-likeness (QED) is 0.777. The first-order valence-corrected chi connectivity index (χ1v) is 6.24. The van der Waals surface area contributed by atoms with E-state index in [1.165, 1.54) is 7.05 Å². The zero-order valence-corrected chi connectivity index (χ0v) is 11.6. The van der Waals surface area contributed by atoms with Gasteiger partial charge in [-0.25, -0.2) is 4.68 Å². The van der Waals surface area contributed by atoms with Gasteiger partial charge in [-0.2, -0.15) is 5.10 Å². The molecular weight excluding hydrogens is 246 g/mol. The summed E-state index contributed by atoms with van der Waals surface area (Å²) in [6.45, 7) is 5.77. The van der Waals surface area contributed by atoms with Gasteiger partial charge >= 0.3 is 0 Å². The summed E-state index contributed by atoms with van der Waals surface area (Å²) in [5.41, 5.74) is 7.21. The number of hydrogen-bond donors (Lipinski definition) is 2. The molecule has 1 fully saturated rings. The molecule has 1 aromatic heterocycles. The first-order chi connectivity index (χ1) is 8.82. The lowest BCUT2D eigenvalue weighted by Gasteiger charge is -2.16. The monoisotopic (exact) mass is 265 g/mol. The summed E-state index contributed by atoms with van der Waals surface area (Å²) < 4.78 is 1.74. The Morgan fingerprint density at radius 3 is 2.53 bits per heavy atom. The van der Waals surface area contributed by atoms with Gasteiger partial charge in [0.05, 0.1) is 17.8 Å². The maximum Gasteiger partial charge on any atom is 0.251 e. The lowest BCUT2D eigenvalue weighted by Crippen LogP contribution is -2.32. The van der Waals surface area contributed by atoms with Crippen molar-refractivity contribution in [3.8, 4) is 0 Å². The van der Waals surface area contributed by atoms with Gasteiger partial charge in [-0.15, -0.1) is 0 Å². The molecule has 1 aromatic rings. The van der Waals surface area contributed by atoms with Crippen LogP contribution < -0.4 is 11.1 Å². The minimum atomic E-state index is -0.562. The Hall–Kier alpha value is -2.05. The molecule has 1 aliphatic heterocycles. The zero-order chi connectivity index (χ0) is 14.3. The number of nitrogen functional groups attached to an aromatic ring is 1. The van der Waals surface area contributed by atoms with E-state index in [0.29, 0.717) is 17.2 Å². The van der Waals surface area contributed by atoms with E-state index < -0.39 is 6.04 Å². The lowest BCUT2D eigenvalue weighted by atomic mass is 10.2. The Morgan fingerprint density at radius 2 is 2.05 bits per heavy atom. The van der Waals surface area contributed by atoms with E-state index in [9.17, 15) is 9.59 Å². The fourth-order valence-corrected chi connectivity index (χ4v) is 2.11.